The number of pyridine rings is 1. The molecule has 6 rings (SSSR count). The van der Waals surface area contributed by atoms with Gasteiger partial charge in [0.25, 0.3) is 10.0 Å². The summed E-state index contributed by atoms with van der Waals surface area (Å²) in [4.78, 5) is 26.9. The Bertz CT molecular complexity index is 2150. The standard InChI is InChI=1S/C31H29F3N8O4S/c1-17-18(32)7-5-9-24(17)47(44,45)40-21-11-10-19(33)27(26(21)34)38-29-28-22(35-16-36-29)12-13-25(37-28)42-15-23-20(39-42)8-6-14-41(23)30(43)46-31(2,3)4/h5,7,9-13,15-16,40H,6,8,14H2,1-4H3,(H,35,36,38). The number of hydrogen-bond donors (Lipinski definition) is 2. The summed E-state index contributed by atoms with van der Waals surface area (Å²) < 4.78 is 79.9. The molecule has 2 N–H and O–H groups in total. The molecule has 4 heterocycles. The summed E-state index contributed by atoms with van der Waals surface area (Å²) in [6.45, 7) is 7.08. The van der Waals surface area contributed by atoms with Crippen molar-refractivity contribution in [3.05, 3.63) is 83.7 Å². The molecule has 0 fully saturated rings. The van der Waals surface area contributed by atoms with Gasteiger partial charge in [-0.05, 0) is 76.9 Å². The summed E-state index contributed by atoms with van der Waals surface area (Å²) in [6.07, 6.45) is 3.64. The van der Waals surface area contributed by atoms with Gasteiger partial charge >= 0.3 is 6.09 Å². The summed E-state index contributed by atoms with van der Waals surface area (Å²) >= 11 is 0. The highest BCUT2D eigenvalue weighted by atomic mass is 32.2. The van der Waals surface area contributed by atoms with Gasteiger partial charge in [-0.2, -0.15) is 5.10 Å². The van der Waals surface area contributed by atoms with E-state index in [-0.39, 0.29) is 16.9 Å². The maximum Gasteiger partial charge on any atom is 0.414 e. The lowest BCUT2D eigenvalue weighted by atomic mass is 10.1. The van der Waals surface area contributed by atoms with E-state index in [1.165, 1.54) is 35.0 Å². The molecular weight excluding hydrogens is 637 g/mol. The molecular formula is C31H29F3N8O4S. The summed E-state index contributed by atoms with van der Waals surface area (Å²) in [7, 11) is -4.44. The summed E-state index contributed by atoms with van der Waals surface area (Å²) in [6, 6.07) is 8.52. The molecule has 0 saturated heterocycles. The molecule has 0 spiro atoms. The van der Waals surface area contributed by atoms with Crippen LogP contribution >= 0.6 is 0 Å². The number of hydrogen-bond acceptors (Lipinski definition) is 9. The molecule has 3 aromatic heterocycles. The van der Waals surface area contributed by atoms with Gasteiger partial charge in [-0.25, -0.2) is 46.0 Å². The highest BCUT2D eigenvalue weighted by Crippen LogP contribution is 2.33. The number of halogens is 3. The second kappa shape index (κ2) is 11.8. The van der Waals surface area contributed by atoms with Crippen LogP contribution in [-0.4, -0.2) is 51.4 Å². The molecule has 0 radical (unpaired) electrons. The third kappa shape index (κ3) is 6.27. The Kier molecular flexibility index (Phi) is 7.99. The predicted octanol–water partition coefficient (Wildman–Crippen LogP) is 6.17. The van der Waals surface area contributed by atoms with Crippen LogP contribution < -0.4 is 14.9 Å². The molecule has 0 atom stereocenters. The predicted molar refractivity (Wildman–Crippen MR) is 168 cm³/mol. The first-order valence-corrected chi connectivity index (χ1v) is 15.9. The molecule has 2 aromatic carbocycles. The molecule has 16 heteroatoms. The Balaban J connectivity index is 1.33. The largest absolute Gasteiger partial charge is 0.443 e. The van der Waals surface area contributed by atoms with E-state index in [2.05, 4.69) is 30.1 Å². The number of aromatic nitrogens is 5. The first-order chi connectivity index (χ1) is 22.2. The van der Waals surface area contributed by atoms with E-state index in [0.717, 1.165) is 18.2 Å². The Morgan fingerprint density at radius 2 is 1.81 bits per heavy atom. The molecule has 1 aliphatic heterocycles. The van der Waals surface area contributed by atoms with Gasteiger partial charge in [-0.3, -0.25) is 9.62 Å². The fourth-order valence-electron chi connectivity index (χ4n) is 5.04. The highest BCUT2D eigenvalue weighted by molar-refractivity contribution is 7.92. The number of amides is 1. The van der Waals surface area contributed by atoms with Gasteiger partial charge in [0.05, 0.1) is 33.7 Å². The zero-order chi connectivity index (χ0) is 33.7. The number of rotatable bonds is 6. The van der Waals surface area contributed by atoms with Crippen molar-refractivity contribution < 1.29 is 31.1 Å². The topological polar surface area (TPSA) is 144 Å². The van der Waals surface area contributed by atoms with E-state index in [9.17, 15) is 17.6 Å². The van der Waals surface area contributed by atoms with Crippen LogP contribution in [0.4, 0.5) is 40.8 Å². The number of anilines is 4. The molecule has 12 nitrogen and oxygen atoms in total. The lowest BCUT2D eigenvalue weighted by molar-refractivity contribution is 0.0577. The van der Waals surface area contributed by atoms with Crippen molar-refractivity contribution in [2.75, 3.05) is 21.5 Å². The number of nitrogens with zero attached hydrogens (tertiary/aromatic N) is 6. The average molecular weight is 667 g/mol. The van der Waals surface area contributed by atoms with Gasteiger partial charge in [0.1, 0.15) is 34.8 Å². The second-order valence-electron chi connectivity index (χ2n) is 11.8. The fourth-order valence-corrected chi connectivity index (χ4v) is 6.36. The monoisotopic (exact) mass is 666 g/mol. The number of carbonyl (C=O) groups is 1. The fraction of sp³-hybridized carbons (Fsp3) is 0.258. The molecule has 47 heavy (non-hydrogen) atoms. The molecule has 0 aliphatic carbocycles. The lowest BCUT2D eigenvalue weighted by Crippen LogP contribution is -2.39. The number of aryl methyl sites for hydroxylation is 1. The minimum absolute atomic E-state index is 0.0806. The van der Waals surface area contributed by atoms with Crippen LogP contribution in [0.25, 0.3) is 16.9 Å². The third-order valence-corrected chi connectivity index (χ3v) is 8.77. The van der Waals surface area contributed by atoms with E-state index in [1.807, 2.05) is 0 Å². The number of nitrogens with one attached hydrogen (secondary N) is 2. The number of sulfonamides is 1. The Morgan fingerprint density at radius 3 is 2.57 bits per heavy atom. The van der Waals surface area contributed by atoms with Crippen LogP contribution in [0.5, 0.6) is 0 Å². The van der Waals surface area contributed by atoms with Crippen LogP contribution in [0, 0.1) is 24.4 Å². The molecule has 1 aliphatic rings. The molecule has 244 valence electrons. The van der Waals surface area contributed by atoms with Crippen LogP contribution in [-0.2, 0) is 21.2 Å². The van der Waals surface area contributed by atoms with Crippen LogP contribution in [0.15, 0.2) is 59.9 Å². The lowest BCUT2D eigenvalue weighted by Gasteiger charge is -2.29. The summed E-state index contributed by atoms with van der Waals surface area (Å²) in [5.74, 6) is -2.84. The molecule has 0 unspecified atom stereocenters. The van der Waals surface area contributed by atoms with Crippen molar-refractivity contribution in [2.45, 2.75) is 51.0 Å². The summed E-state index contributed by atoms with van der Waals surface area (Å²) in [5, 5.41) is 7.20. The zero-order valence-electron chi connectivity index (χ0n) is 25.7. The smallest absolute Gasteiger partial charge is 0.414 e. The van der Waals surface area contributed by atoms with E-state index >= 15 is 8.78 Å². The van der Waals surface area contributed by atoms with Gasteiger partial charge in [0, 0.05) is 12.1 Å². The normalized spacial score (nSPS) is 13.4. The van der Waals surface area contributed by atoms with Crippen LogP contribution in [0.1, 0.15) is 38.4 Å². The van der Waals surface area contributed by atoms with E-state index < -0.39 is 55.4 Å². The van der Waals surface area contributed by atoms with Crippen molar-refractivity contribution in [1.82, 2.24) is 24.7 Å². The molecule has 5 aromatic rings. The van der Waals surface area contributed by atoms with Gasteiger partial charge in [-0.15, -0.1) is 0 Å². The van der Waals surface area contributed by atoms with Gasteiger partial charge < -0.3 is 10.1 Å². The molecule has 0 saturated carbocycles. The minimum Gasteiger partial charge on any atom is -0.443 e. The maximum atomic E-state index is 15.7. The number of carbonyl (C=O) groups excluding carboxylic acids is 1. The van der Waals surface area contributed by atoms with Crippen molar-refractivity contribution in [3.63, 3.8) is 0 Å². The van der Waals surface area contributed by atoms with E-state index in [4.69, 9.17) is 4.74 Å². The van der Waals surface area contributed by atoms with Gasteiger partial charge in [0.2, 0.25) is 0 Å². The second-order valence-corrected chi connectivity index (χ2v) is 13.4. The number of benzene rings is 2. The Labute approximate surface area is 267 Å². The van der Waals surface area contributed by atoms with Gasteiger partial charge in [0.15, 0.2) is 17.5 Å². The first-order valence-electron chi connectivity index (χ1n) is 14.5. The third-order valence-electron chi connectivity index (χ3n) is 7.26. The van der Waals surface area contributed by atoms with Crippen molar-refractivity contribution in [3.8, 4) is 5.82 Å². The summed E-state index contributed by atoms with van der Waals surface area (Å²) in [5.41, 5.74) is -0.435. The first kappa shape index (κ1) is 31.7. The van der Waals surface area contributed by atoms with Crippen molar-refractivity contribution in [2.24, 2.45) is 0 Å². The Morgan fingerprint density at radius 1 is 1.02 bits per heavy atom. The highest BCUT2D eigenvalue weighted by Gasteiger charge is 2.30. The van der Waals surface area contributed by atoms with Crippen LogP contribution in [0.3, 0.4) is 0 Å². The van der Waals surface area contributed by atoms with Crippen molar-refractivity contribution >= 4 is 50.0 Å². The minimum atomic E-state index is -4.44. The van der Waals surface area contributed by atoms with Crippen molar-refractivity contribution in [1.29, 1.82) is 0 Å². The van der Waals surface area contributed by atoms with E-state index in [0.29, 0.717) is 42.1 Å². The molecule has 1 amide bonds. The zero-order valence-corrected chi connectivity index (χ0v) is 26.5. The quantitative estimate of drug-likeness (QED) is 0.217. The molecule has 0 bridgehead atoms. The van der Waals surface area contributed by atoms with Gasteiger partial charge in [-0.1, -0.05) is 6.07 Å². The SMILES string of the molecule is Cc1c(F)cccc1S(=O)(=O)Nc1ccc(F)c(Nc2ncnc3ccc(-n4cc5c(n4)CCCN5C(=O)OC(C)(C)C)nc23)c1F. The van der Waals surface area contributed by atoms with E-state index in [1.54, 1.807) is 39.1 Å². The number of fused-ring (bicyclic) bond motifs is 2. The average Bonchev–Trinajstić information content (AvgIpc) is 3.45. The Hall–Kier alpha value is -5.25. The van der Waals surface area contributed by atoms with Crippen LogP contribution in [0.2, 0.25) is 0 Å². The maximum absolute atomic E-state index is 15.7. The number of ether oxygens (including phenoxy) is 1.